The Morgan fingerprint density at radius 1 is 1.30 bits per heavy atom. The molecule has 2 rings (SSSR count). The Bertz CT molecular complexity index is 522. The second-order valence-electron chi connectivity index (χ2n) is 4.90. The van der Waals surface area contributed by atoms with Gasteiger partial charge in [0.1, 0.15) is 0 Å². The average molecular weight is 273 g/mol. The van der Waals surface area contributed by atoms with Crippen molar-refractivity contribution in [3.8, 4) is 5.75 Å². The van der Waals surface area contributed by atoms with E-state index in [1.165, 1.54) is 5.56 Å². The first-order valence-corrected chi connectivity index (χ1v) is 7.06. The molecule has 0 fully saturated rings. The highest BCUT2D eigenvalue weighted by Crippen LogP contribution is 2.25. The lowest BCUT2D eigenvalue weighted by molar-refractivity contribution is 0.405. The maximum atomic E-state index is 5.40. The number of hydrogen-bond acceptors (Lipinski definition) is 3. The van der Waals surface area contributed by atoms with Crippen LogP contribution in [0.3, 0.4) is 0 Å². The summed E-state index contributed by atoms with van der Waals surface area (Å²) in [4.78, 5) is 0. The third kappa shape index (κ3) is 3.39. The first kappa shape index (κ1) is 14.6. The third-order valence-corrected chi connectivity index (χ3v) is 3.59. The summed E-state index contributed by atoms with van der Waals surface area (Å²) in [5.41, 5.74) is 2.48. The van der Waals surface area contributed by atoms with E-state index in [0.717, 1.165) is 31.0 Å². The zero-order chi connectivity index (χ0) is 14.4. The predicted octanol–water partition coefficient (Wildman–Crippen LogP) is 2.36. The molecule has 4 heteroatoms. The smallest absolute Gasteiger partial charge is 0.159 e. The van der Waals surface area contributed by atoms with Crippen molar-refractivity contribution in [2.24, 2.45) is 7.05 Å². The molecule has 0 saturated carbocycles. The van der Waals surface area contributed by atoms with Crippen LogP contribution in [0.5, 0.6) is 5.75 Å². The molecule has 1 atom stereocenters. The van der Waals surface area contributed by atoms with Crippen molar-refractivity contribution in [2.45, 2.75) is 19.3 Å². The molecule has 20 heavy (non-hydrogen) atoms. The Balaban J connectivity index is 2.21. The number of aromatic nitrogens is 2. The van der Waals surface area contributed by atoms with E-state index in [0.29, 0.717) is 5.92 Å². The summed E-state index contributed by atoms with van der Waals surface area (Å²) in [6, 6.07) is 10.6. The maximum Gasteiger partial charge on any atom is 0.159 e. The fourth-order valence-electron chi connectivity index (χ4n) is 2.43. The number of nitrogens with zero attached hydrogens (tertiary/aromatic N) is 2. The van der Waals surface area contributed by atoms with Crippen molar-refractivity contribution in [3.05, 3.63) is 47.8 Å². The van der Waals surface area contributed by atoms with Crippen LogP contribution < -0.4 is 10.1 Å². The van der Waals surface area contributed by atoms with Crippen molar-refractivity contribution in [1.82, 2.24) is 15.1 Å². The van der Waals surface area contributed by atoms with Crippen LogP contribution in [0.4, 0.5) is 0 Å². The van der Waals surface area contributed by atoms with Gasteiger partial charge in [-0.2, -0.15) is 5.10 Å². The number of likely N-dealkylation sites (N-methyl/N-ethyl adjacent to an activating group) is 1. The topological polar surface area (TPSA) is 39.1 Å². The fourth-order valence-corrected chi connectivity index (χ4v) is 2.43. The molecule has 0 aliphatic heterocycles. The fraction of sp³-hybridized carbons (Fsp3) is 0.438. The van der Waals surface area contributed by atoms with Crippen LogP contribution in [0.25, 0.3) is 0 Å². The minimum atomic E-state index is 0.417. The molecule has 0 saturated heterocycles. The van der Waals surface area contributed by atoms with Crippen LogP contribution in [0.15, 0.2) is 36.5 Å². The summed E-state index contributed by atoms with van der Waals surface area (Å²) in [7, 11) is 3.66. The molecule has 0 aliphatic rings. The lowest BCUT2D eigenvalue weighted by Gasteiger charge is -2.18. The molecule has 0 amide bonds. The molecule has 2 aromatic rings. The highest BCUT2D eigenvalue weighted by Gasteiger charge is 2.17. The summed E-state index contributed by atoms with van der Waals surface area (Å²) in [6.07, 6.45) is 2.70. The lowest BCUT2D eigenvalue weighted by atomic mass is 9.94. The van der Waals surface area contributed by atoms with Gasteiger partial charge in [-0.05, 0) is 12.1 Å². The average Bonchev–Trinajstić information content (AvgIpc) is 2.84. The number of rotatable bonds is 7. The van der Waals surface area contributed by atoms with Gasteiger partial charge in [-0.25, -0.2) is 0 Å². The molecular weight excluding hydrogens is 250 g/mol. The summed E-state index contributed by atoms with van der Waals surface area (Å²) >= 11 is 0. The SMILES string of the molecule is CCNCC(Cc1c(OC)cnn1C)c1ccccc1. The van der Waals surface area contributed by atoms with Crippen LogP contribution >= 0.6 is 0 Å². The number of ether oxygens (including phenoxy) is 1. The molecule has 0 aliphatic carbocycles. The number of hydrogen-bond donors (Lipinski definition) is 1. The van der Waals surface area contributed by atoms with E-state index < -0.39 is 0 Å². The van der Waals surface area contributed by atoms with E-state index >= 15 is 0 Å². The lowest BCUT2D eigenvalue weighted by Crippen LogP contribution is -2.23. The Hall–Kier alpha value is -1.81. The van der Waals surface area contributed by atoms with Crippen LogP contribution in [-0.2, 0) is 13.5 Å². The molecule has 4 nitrogen and oxygen atoms in total. The van der Waals surface area contributed by atoms with Crippen LogP contribution in [-0.4, -0.2) is 30.0 Å². The normalized spacial score (nSPS) is 12.3. The van der Waals surface area contributed by atoms with E-state index in [1.807, 2.05) is 11.7 Å². The third-order valence-electron chi connectivity index (χ3n) is 3.59. The predicted molar refractivity (Wildman–Crippen MR) is 81.2 cm³/mol. The quantitative estimate of drug-likeness (QED) is 0.842. The highest BCUT2D eigenvalue weighted by atomic mass is 16.5. The molecular formula is C16H23N3O. The van der Waals surface area contributed by atoms with Crippen LogP contribution in [0.2, 0.25) is 0 Å². The number of methoxy groups -OCH3 is 1. The summed E-state index contributed by atoms with van der Waals surface area (Å²) in [5, 5.41) is 7.73. The van der Waals surface area contributed by atoms with Crippen molar-refractivity contribution < 1.29 is 4.74 Å². The standard InChI is InChI=1S/C16H23N3O/c1-4-17-11-14(13-8-6-5-7-9-13)10-15-16(20-3)12-18-19(15)2/h5-9,12,14,17H,4,10-11H2,1-3H3. The van der Waals surface area contributed by atoms with Gasteiger partial charge in [0, 0.05) is 25.9 Å². The van der Waals surface area contributed by atoms with Gasteiger partial charge >= 0.3 is 0 Å². The number of nitrogens with one attached hydrogen (secondary N) is 1. The Kier molecular flexibility index (Phi) is 5.18. The van der Waals surface area contributed by atoms with Gasteiger partial charge < -0.3 is 10.1 Å². The minimum Gasteiger partial charge on any atom is -0.493 e. The first-order valence-electron chi connectivity index (χ1n) is 7.06. The minimum absolute atomic E-state index is 0.417. The highest BCUT2D eigenvalue weighted by molar-refractivity contribution is 5.29. The monoisotopic (exact) mass is 273 g/mol. The van der Waals surface area contributed by atoms with Crippen molar-refractivity contribution in [2.75, 3.05) is 20.2 Å². The zero-order valence-corrected chi connectivity index (χ0v) is 12.5. The van der Waals surface area contributed by atoms with Crippen molar-refractivity contribution in [1.29, 1.82) is 0 Å². The molecule has 0 spiro atoms. The van der Waals surface area contributed by atoms with E-state index in [-0.39, 0.29) is 0 Å². The number of aryl methyl sites for hydroxylation is 1. The molecule has 108 valence electrons. The molecule has 1 unspecified atom stereocenters. The second kappa shape index (κ2) is 7.10. The largest absolute Gasteiger partial charge is 0.493 e. The van der Waals surface area contributed by atoms with Gasteiger partial charge in [-0.1, -0.05) is 37.3 Å². The molecule has 0 radical (unpaired) electrons. The summed E-state index contributed by atoms with van der Waals surface area (Å²) in [5.74, 6) is 1.28. The van der Waals surface area contributed by atoms with Gasteiger partial charge in [0.2, 0.25) is 0 Å². The maximum absolute atomic E-state index is 5.40. The van der Waals surface area contributed by atoms with Crippen molar-refractivity contribution in [3.63, 3.8) is 0 Å². The first-order chi connectivity index (χ1) is 9.76. The van der Waals surface area contributed by atoms with E-state index in [2.05, 4.69) is 47.7 Å². The number of benzene rings is 1. The summed E-state index contributed by atoms with van der Waals surface area (Å²) in [6.45, 7) is 4.06. The van der Waals surface area contributed by atoms with Crippen molar-refractivity contribution >= 4 is 0 Å². The van der Waals surface area contributed by atoms with Gasteiger partial charge in [-0.15, -0.1) is 0 Å². The van der Waals surface area contributed by atoms with E-state index in [9.17, 15) is 0 Å². The van der Waals surface area contributed by atoms with Gasteiger partial charge in [0.25, 0.3) is 0 Å². The molecule has 1 N–H and O–H groups in total. The zero-order valence-electron chi connectivity index (χ0n) is 12.5. The Morgan fingerprint density at radius 2 is 2.05 bits per heavy atom. The van der Waals surface area contributed by atoms with Crippen LogP contribution in [0, 0.1) is 0 Å². The van der Waals surface area contributed by atoms with Gasteiger partial charge in [-0.3, -0.25) is 4.68 Å². The molecule has 1 aromatic heterocycles. The van der Waals surface area contributed by atoms with E-state index in [1.54, 1.807) is 13.3 Å². The van der Waals surface area contributed by atoms with Gasteiger partial charge in [0.05, 0.1) is 19.0 Å². The van der Waals surface area contributed by atoms with Gasteiger partial charge in [0.15, 0.2) is 5.75 Å². The molecule has 1 heterocycles. The van der Waals surface area contributed by atoms with Crippen LogP contribution in [0.1, 0.15) is 24.1 Å². The summed E-state index contributed by atoms with van der Waals surface area (Å²) < 4.78 is 7.31. The van der Waals surface area contributed by atoms with E-state index in [4.69, 9.17) is 4.74 Å². The molecule has 1 aromatic carbocycles. The Labute approximate surface area is 120 Å². The second-order valence-corrected chi connectivity index (χ2v) is 4.90. The Morgan fingerprint density at radius 3 is 2.70 bits per heavy atom. The molecule has 0 bridgehead atoms.